The number of piperidine rings is 1. The number of ether oxygens (including phenoxy) is 1. The first kappa shape index (κ1) is 19.2. The molecule has 2 aliphatic heterocycles. The summed E-state index contributed by atoms with van der Waals surface area (Å²) in [5, 5.41) is 16.7. The van der Waals surface area contributed by atoms with E-state index in [4.69, 9.17) is 20.9 Å². The average molecular weight is 429 g/mol. The van der Waals surface area contributed by atoms with E-state index >= 15 is 0 Å². The summed E-state index contributed by atoms with van der Waals surface area (Å²) in [7, 11) is 0. The smallest absolute Gasteiger partial charge is 0.269 e. The number of anilines is 1. The van der Waals surface area contributed by atoms with Gasteiger partial charge in [-0.15, -0.1) is 10.2 Å². The van der Waals surface area contributed by atoms with Crippen molar-refractivity contribution in [2.75, 3.05) is 24.6 Å². The second-order valence-electron chi connectivity index (χ2n) is 7.79. The lowest BCUT2D eigenvalue weighted by Crippen LogP contribution is -2.52. The van der Waals surface area contributed by atoms with E-state index in [1.54, 1.807) is 31.3 Å². The molecule has 0 atom stereocenters. The molecule has 0 N–H and O–H groups in total. The highest BCUT2D eigenvalue weighted by Gasteiger charge is 2.41. The molecule has 2 fully saturated rings. The van der Waals surface area contributed by atoms with Crippen LogP contribution in [-0.4, -0.2) is 50.4 Å². The zero-order valence-electron chi connectivity index (χ0n) is 16.5. The maximum absolute atomic E-state index is 12.8. The van der Waals surface area contributed by atoms with Crippen molar-refractivity contribution >= 4 is 17.3 Å². The fourth-order valence-corrected chi connectivity index (χ4v) is 4.14. The Kier molecular flexibility index (Phi) is 4.79. The molecule has 1 spiro atoms. The third-order valence-electron chi connectivity index (χ3n) is 6.03. The fraction of sp³-hybridized carbons (Fsp3) is 0.450. The lowest BCUT2D eigenvalue weighted by atomic mass is 9.84. The van der Waals surface area contributed by atoms with E-state index in [0.29, 0.717) is 22.3 Å². The molecule has 0 unspecified atom stereocenters. The zero-order chi connectivity index (χ0) is 20.7. The van der Waals surface area contributed by atoms with Crippen molar-refractivity contribution in [3.63, 3.8) is 0 Å². The number of hydrogen-bond acceptors (Lipinski definition) is 8. The molecule has 0 aliphatic carbocycles. The Balaban J connectivity index is 1.36. The van der Waals surface area contributed by atoms with E-state index in [1.165, 1.54) is 4.68 Å². The van der Waals surface area contributed by atoms with Crippen molar-refractivity contribution < 1.29 is 9.26 Å². The second kappa shape index (κ2) is 7.48. The average Bonchev–Trinajstić information content (AvgIpc) is 3.09. The van der Waals surface area contributed by atoms with Gasteiger partial charge in [0, 0.05) is 24.7 Å². The number of nitrogens with zero attached hydrogens (tertiary/aromatic N) is 6. The summed E-state index contributed by atoms with van der Waals surface area (Å²) < 4.78 is 12.5. The summed E-state index contributed by atoms with van der Waals surface area (Å²) >= 11 is 5.82. The van der Waals surface area contributed by atoms with Gasteiger partial charge in [-0.1, -0.05) is 16.8 Å². The van der Waals surface area contributed by atoms with E-state index < -0.39 is 0 Å². The summed E-state index contributed by atoms with van der Waals surface area (Å²) in [4.78, 5) is 15.0. The van der Waals surface area contributed by atoms with Gasteiger partial charge < -0.3 is 14.2 Å². The maximum Gasteiger partial charge on any atom is 0.269 e. The Morgan fingerprint density at radius 1 is 1.20 bits per heavy atom. The van der Waals surface area contributed by atoms with E-state index in [0.717, 1.165) is 50.2 Å². The lowest BCUT2D eigenvalue weighted by Gasteiger charge is -2.48. The maximum atomic E-state index is 12.8. The third-order valence-corrected chi connectivity index (χ3v) is 6.23. The highest BCUT2D eigenvalue weighted by atomic mass is 35.5. The van der Waals surface area contributed by atoms with Gasteiger partial charge in [-0.2, -0.15) is 5.10 Å². The normalized spacial score (nSPS) is 17.9. The standard InChI is InChI=1S/C20H21ClN6O3/c1-13-15(19(25-30-13)16-2-3-17(21)24-23-16)12-27-18(28)10-14(11-22-27)26-7-4-20(5-8-26)6-9-29-20/h2-3,10-11H,4-9,12H2,1H3. The molecule has 0 amide bonds. The quantitative estimate of drug-likeness (QED) is 0.624. The third kappa shape index (κ3) is 3.48. The van der Waals surface area contributed by atoms with Crippen molar-refractivity contribution in [1.29, 1.82) is 0 Å². The first-order chi connectivity index (χ1) is 14.5. The van der Waals surface area contributed by atoms with Crippen molar-refractivity contribution in [1.82, 2.24) is 25.1 Å². The van der Waals surface area contributed by atoms with Crippen LogP contribution in [0.15, 0.2) is 33.7 Å². The Labute approximate surface area is 177 Å². The van der Waals surface area contributed by atoms with E-state index in [2.05, 4.69) is 25.4 Å². The summed E-state index contributed by atoms with van der Waals surface area (Å²) in [5.41, 5.74) is 2.52. The van der Waals surface area contributed by atoms with Crippen LogP contribution in [0.1, 0.15) is 30.6 Å². The Hall–Kier alpha value is -2.78. The summed E-state index contributed by atoms with van der Waals surface area (Å²) in [6, 6.07) is 4.98. The molecule has 3 aromatic rings. The number of aromatic nitrogens is 5. The predicted molar refractivity (Wildman–Crippen MR) is 110 cm³/mol. The minimum Gasteiger partial charge on any atom is -0.375 e. The minimum absolute atomic E-state index is 0.0751. The molecule has 156 valence electrons. The van der Waals surface area contributed by atoms with Crippen LogP contribution in [0.3, 0.4) is 0 Å². The van der Waals surface area contributed by atoms with Crippen molar-refractivity contribution in [3.05, 3.63) is 51.2 Å². The number of rotatable bonds is 4. The highest BCUT2D eigenvalue weighted by molar-refractivity contribution is 6.29. The van der Waals surface area contributed by atoms with E-state index in [1.807, 2.05) is 0 Å². The minimum atomic E-state index is -0.179. The molecule has 2 saturated heterocycles. The van der Waals surface area contributed by atoms with Crippen LogP contribution >= 0.6 is 11.6 Å². The fourth-order valence-electron chi connectivity index (χ4n) is 4.04. The van der Waals surface area contributed by atoms with Crippen molar-refractivity contribution in [3.8, 4) is 11.4 Å². The molecule has 10 heteroatoms. The molecule has 9 nitrogen and oxygen atoms in total. The van der Waals surface area contributed by atoms with E-state index in [9.17, 15) is 4.79 Å². The predicted octanol–water partition coefficient (Wildman–Crippen LogP) is 2.46. The first-order valence-corrected chi connectivity index (χ1v) is 10.3. The van der Waals surface area contributed by atoms with Gasteiger partial charge in [0.05, 0.1) is 30.6 Å². The molecular formula is C20H21ClN6O3. The number of aryl methyl sites for hydroxylation is 1. The molecule has 0 saturated carbocycles. The molecule has 0 radical (unpaired) electrons. The van der Waals surface area contributed by atoms with Crippen LogP contribution in [0.2, 0.25) is 5.15 Å². The molecule has 0 aromatic carbocycles. The van der Waals surface area contributed by atoms with Crippen LogP contribution in [0.4, 0.5) is 5.69 Å². The first-order valence-electron chi connectivity index (χ1n) is 9.94. The molecule has 5 rings (SSSR count). The van der Waals surface area contributed by atoms with Crippen LogP contribution < -0.4 is 10.5 Å². The zero-order valence-corrected chi connectivity index (χ0v) is 17.3. The lowest BCUT2D eigenvalue weighted by molar-refractivity contribution is -0.158. The Morgan fingerprint density at radius 3 is 2.63 bits per heavy atom. The molecule has 30 heavy (non-hydrogen) atoms. The monoisotopic (exact) mass is 428 g/mol. The van der Waals surface area contributed by atoms with Crippen molar-refractivity contribution in [2.24, 2.45) is 0 Å². The summed E-state index contributed by atoms with van der Waals surface area (Å²) in [5.74, 6) is 0.598. The van der Waals surface area contributed by atoms with Gasteiger partial charge in [-0.25, -0.2) is 4.68 Å². The van der Waals surface area contributed by atoms with Gasteiger partial charge in [-0.3, -0.25) is 4.79 Å². The Morgan fingerprint density at radius 2 is 2.00 bits per heavy atom. The molecule has 0 bridgehead atoms. The van der Waals surface area contributed by atoms with Gasteiger partial charge in [0.1, 0.15) is 17.1 Å². The van der Waals surface area contributed by atoms with Gasteiger partial charge >= 0.3 is 0 Å². The summed E-state index contributed by atoms with van der Waals surface area (Å²) in [6.07, 6.45) is 4.85. The molecule has 2 aliphatic rings. The van der Waals surface area contributed by atoms with Crippen LogP contribution in [0.5, 0.6) is 0 Å². The second-order valence-corrected chi connectivity index (χ2v) is 8.17. The van der Waals surface area contributed by atoms with Crippen molar-refractivity contribution in [2.45, 2.75) is 38.3 Å². The van der Waals surface area contributed by atoms with Gasteiger partial charge in [0.25, 0.3) is 5.56 Å². The number of hydrogen-bond donors (Lipinski definition) is 0. The van der Waals surface area contributed by atoms with Gasteiger partial charge in [-0.05, 0) is 38.3 Å². The highest BCUT2D eigenvalue weighted by Crippen LogP contribution is 2.37. The van der Waals surface area contributed by atoms with Crippen LogP contribution in [0, 0.1) is 6.92 Å². The number of halogens is 1. The van der Waals surface area contributed by atoms with E-state index in [-0.39, 0.29) is 17.7 Å². The summed E-state index contributed by atoms with van der Waals surface area (Å²) in [6.45, 7) is 4.62. The SMILES string of the molecule is Cc1onc(-c2ccc(Cl)nn2)c1Cn1ncc(N2CCC3(CCO3)CC2)cc1=O. The molecular weight excluding hydrogens is 408 g/mol. The molecule has 3 aromatic heterocycles. The Bertz CT molecular complexity index is 1110. The molecule has 5 heterocycles. The van der Waals surface area contributed by atoms with Gasteiger partial charge in [0.2, 0.25) is 0 Å². The van der Waals surface area contributed by atoms with Gasteiger partial charge in [0.15, 0.2) is 5.15 Å². The van der Waals surface area contributed by atoms with Crippen LogP contribution in [-0.2, 0) is 11.3 Å². The van der Waals surface area contributed by atoms with Crippen LogP contribution in [0.25, 0.3) is 11.4 Å². The largest absolute Gasteiger partial charge is 0.375 e. The topological polar surface area (TPSA) is 99.2 Å².